The van der Waals surface area contributed by atoms with Crippen LogP contribution in [0.4, 0.5) is 5.69 Å². The molecule has 1 fully saturated rings. The molecule has 130 valence electrons. The summed E-state index contributed by atoms with van der Waals surface area (Å²) < 4.78 is 0. The summed E-state index contributed by atoms with van der Waals surface area (Å²) in [6.07, 6.45) is 5.72. The Morgan fingerprint density at radius 3 is 2.44 bits per heavy atom. The number of allylic oxidation sites excluding steroid dienone is 1. The normalized spacial score (nSPS) is 18.3. The number of hydrogen-bond donors (Lipinski definition) is 2. The van der Waals surface area contributed by atoms with Gasteiger partial charge in [0.1, 0.15) is 5.75 Å². The van der Waals surface area contributed by atoms with Crippen molar-refractivity contribution in [3.05, 3.63) is 65.7 Å². The van der Waals surface area contributed by atoms with Crippen molar-refractivity contribution in [2.75, 3.05) is 18.0 Å². The zero-order valence-electron chi connectivity index (χ0n) is 14.1. The first-order valence-electron chi connectivity index (χ1n) is 8.66. The fourth-order valence-corrected chi connectivity index (χ4v) is 3.03. The molecule has 4 heteroatoms. The van der Waals surface area contributed by atoms with Crippen LogP contribution in [0, 0.1) is 0 Å². The van der Waals surface area contributed by atoms with Crippen molar-refractivity contribution in [1.82, 2.24) is 0 Å². The van der Waals surface area contributed by atoms with Gasteiger partial charge in [0, 0.05) is 24.3 Å². The van der Waals surface area contributed by atoms with Crippen LogP contribution in [-0.4, -0.2) is 35.2 Å². The van der Waals surface area contributed by atoms with E-state index in [1.54, 1.807) is 36.4 Å². The number of benzene rings is 2. The van der Waals surface area contributed by atoms with Crippen LogP contribution in [0.25, 0.3) is 6.08 Å². The average Bonchev–Trinajstić information content (AvgIpc) is 2.86. The number of carbonyl (C=O) groups excluding carboxylic acids is 1. The first-order valence-corrected chi connectivity index (χ1v) is 8.66. The number of nitrogens with zero attached hydrogens (tertiary/aromatic N) is 1. The second-order valence-electron chi connectivity index (χ2n) is 6.41. The highest BCUT2D eigenvalue weighted by Gasteiger charge is 2.15. The smallest absolute Gasteiger partial charge is 0.185 e. The largest absolute Gasteiger partial charge is 0.508 e. The molecule has 1 saturated heterocycles. The number of aliphatic hydroxyl groups excluding tert-OH is 1. The van der Waals surface area contributed by atoms with Gasteiger partial charge in [-0.25, -0.2) is 0 Å². The molecular formula is C21H23NO3. The van der Waals surface area contributed by atoms with Crippen LogP contribution < -0.4 is 4.90 Å². The standard InChI is InChI=1S/C21H23NO3/c23-19-2-1-14-22(15-13-19)18-8-6-17(7-9-18)21(25)12-5-16-3-10-20(24)11-4-16/h3-12,19,23-24H,1-2,13-15H2/b12-5+. The number of phenols is 1. The maximum Gasteiger partial charge on any atom is 0.185 e. The van der Waals surface area contributed by atoms with Crippen molar-refractivity contribution in [3.8, 4) is 5.75 Å². The minimum Gasteiger partial charge on any atom is -0.508 e. The van der Waals surface area contributed by atoms with Gasteiger partial charge in [-0.3, -0.25) is 4.79 Å². The molecule has 1 heterocycles. The predicted octanol–water partition coefficient (Wildman–Crippen LogP) is 3.64. The summed E-state index contributed by atoms with van der Waals surface area (Å²) in [6, 6.07) is 14.3. The Labute approximate surface area is 148 Å². The highest BCUT2D eigenvalue weighted by molar-refractivity contribution is 6.06. The summed E-state index contributed by atoms with van der Waals surface area (Å²) in [5.74, 6) is 0.158. The Balaban J connectivity index is 1.65. The number of ketones is 1. The molecule has 1 aliphatic rings. The quantitative estimate of drug-likeness (QED) is 0.660. The third-order valence-electron chi connectivity index (χ3n) is 4.53. The molecule has 3 rings (SSSR count). The van der Waals surface area contributed by atoms with E-state index in [2.05, 4.69) is 4.90 Å². The summed E-state index contributed by atoms with van der Waals surface area (Å²) in [5, 5.41) is 19.0. The maximum atomic E-state index is 12.3. The monoisotopic (exact) mass is 337 g/mol. The summed E-state index contributed by atoms with van der Waals surface area (Å²) in [4.78, 5) is 14.5. The van der Waals surface area contributed by atoms with Crippen LogP contribution in [0.2, 0.25) is 0 Å². The van der Waals surface area contributed by atoms with Gasteiger partial charge < -0.3 is 15.1 Å². The van der Waals surface area contributed by atoms with Crippen LogP contribution in [0.5, 0.6) is 5.75 Å². The molecule has 1 unspecified atom stereocenters. The molecule has 0 amide bonds. The first-order chi connectivity index (χ1) is 12.1. The van der Waals surface area contributed by atoms with Crippen LogP contribution in [-0.2, 0) is 0 Å². The lowest BCUT2D eigenvalue weighted by atomic mass is 10.1. The third-order valence-corrected chi connectivity index (χ3v) is 4.53. The van der Waals surface area contributed by atoms with Crippen molar-refractivity contribution >= 4 is 17.5 Å². The Kier molecular flexibility index (Phi) is 5.51. The van der Waals surface area contributed by atoms with Crippen molar-refractivity contribution in [2.45, 2.75) is 25.4 Å². The van der Waals surface area contributed by atoms with Gasteiger partial charge >= 0.3 is 0 Å². The Bertz CT molecular complexity index is 735. The fraction of sp³-hybridized carbons (Fsp3) is 0.286. The van der Waals surface area contributed by atoms with Crippen LogP contribution in [0.15, 0.2) is 54.6 Å². The highest BCUT2D eigenvalue weighted by Crippen LogP contribution is 2.21. The predicted molar refractivity (Wildman–Crippen MR) is 100.0 cm³/mol. The molecule has 1 atom stereocenters. The van der Waals surface area contributed by atoms with E-state index in [1.807, 2.05) is 24.3 Å². The van der Waals surface area contributed by atoms with Gasteiger partial charge in [-0.05, 0) is 67.3 Å². The Morgan fingerprint density at radius 2 is 1.72 bits per heavy atom. The van der Waals surface area contributed by atoms with E-state index in [9.17, 15) is 15.0 Å². The molecule has 0 aliphatic carbocycles. The minimum atomic E-state index is -0.198. The molecular weight excluding hydrogens is 314 g/mol. The SMILES string of the molecule is O=C(/C=C/c1ccc(O)cc1)c1ccc(N2CCCC(O)CC2)cc1. The Hall–Kier alpha value is -2.59. The average molecular weight is 337 g/mol. The van der Waals surface area contributed by atoms with E-state index in [0.717, 1.165) is 43.6 Å². The van der Waals surface area contributed by atoms with Gasteiger partial charge in [0.25, 0.3) is 0 Å². The molecule has 0 aromatic heterocycles. The topological polar surface area (TPSA) is 60.8 Å². The van der Waals surface area contributed by atoms with Crippen molar-refractivity contribution < 1.29 is 15.0 Å². The lowest BCUT2D eigenvalue weighted by molar-refractivity contribution is 0.104. The highest BCUT2D eigenvalue weighted by atomic mass is 16.3. The lowest BCUT2D eigenvalue weighted by Crippen LogP contribution is -2.24. The van der Waals surface area contributed by atoms with E-state index in [0.29, 0.717) is 5.56 Å². The molecule has 0 saturated carbocycles. The number of rotatable bonds is 4. The van der Waals surface area contributed by atoms with Gasteiger partial charge in [-0.1, -0.05) is 18.2 Å². The van der Waals surface area contributed by atoms with E-state index >= 15 is 0 Å². The molecule has 2 aromatic carbocycles. The summed E-state index contributed by atoms with van der Waals surface area (Å²) in [5.41, 5.74) is 2.60. The third kappa shape index (κ3) is 4.70. The molecule has 0 radical (unpaired) electrons. The van der Waals surface area contributed by atoms with E-state index in [4.69, 9.17) is 0 Å². The van der Waals surface area contributed by atoms with Crippen molar-refractivity contribution in [3.63, 3.8) is 0 Å². The zero-order valence-corrected chi connectivity index (χ0v) is 14.1. The van der Waals surface area contributed by atoms with E-state index in [-0.39, 0.29) is 17.6 Å². The summed E-state index contributed by atoms with van der Waals surface area (Å²) in [7, 11) is 0. The van der Waals surface area contributed by atoms with Gasteiger partial charge in [0.15, 0.2) is 5.78 Å². The van der Waals surface area contributed by atoms with E-state index < -0.39 is 0 Å². The fourth-order valence-electron chi connectivity index (χ4n) is 3.03. The summed E-state index contributed by atoms with van der Waals surface area (Å²) >= 11 is 0. The molecule has 25 heavy (non-hydrogen) atoms. The minimum absolute atomic E-state index is 0.0501. The van der Waals surface area contributed by atoms with Gasteiger partial charge in [-0.2, -0.15) is 0 Å². The molecule has 1 aliphatic heterocycles. The molecule has 2 aromatic rings. The number of phenolic OH excluding ortho intramolecular Hbond substituents is 1. The Morgan fingerprint density at radius 1 is 1.00 bits per heavy atom. The number of carbonyl (C=O) groups is 1. The first kappa shape index (κ1) is 17.2. The second-order valence-corrected chi connectivity index (χ2v) is 6.41. The number of anilines is 1. The van der Waals surface area contributed by atoms with Gasteiger partial charge in [0.2, 0.25) is 0 Å². The summed E-state index contributed by atoms with van der Waals surface area (Å²) in [6.45, 7) is 1.78. The number of aromatic hydroxyl groups is 1. The lowest BCUT2D eigenvalue weighted by Gasteiger charge is -2.22. The van der Waals surface area contributed by atoms with Crippen molar-refractivity contribution in [2.24, 2.45) is 0 Å². The van der Waals surface area contributed by atoms with Crippen molar-refractivity contribution in [1.29, 1.82) is 0 Å². The second kappa shape index (κ2) is 7.99. The number of aliphatic hydroxyl groups is 1. The molecule has 0 spiro atoms. The van der Waals surface area contributed by atoms with E-state index in [1.165, 1.54) is 0 Å². The van der Waals surface area contributed by atoms with Gasteiger partial charge in [0.05, 0.1) is 6.10 Å². The molecule has 4 nitrogen and oxygen atoms in total. The maximum absolute atomic E-state index is 12.3. The zero-order chi connectivity index (χ0) is 17.6. The van der Waals surface area contributed by atoms with Crippen LogP contribution in [0.3, 0.4) is 0 Å². The van der Waals surface area contributed by atoms with Crippen LogP contribution in [0.1, 0.15) is 35.2 Å². The number of hydrogen-bond acceptors (Lipinski definition) is 4. The van der Waals surface area contributed by atoms with Crippen LogP contribution >= 0.6 is 0 Å². The van der Waals surface area contributed by atoms with Gasteiger partial charge in [-0.15, -0.1) is 0 Å². The molecule has 2 N–H and O–H groups in total. The molecule has 0 bridgehead atoms.